The van der Waals surface area contributed by atoms with Crippen molar-refractivity contribution in [1.29, 1.82) is 0 Å². The van der Waals surface area contributed by atoms with Gasteiger partial charge >= 0.3 is 5.97 Å². The summed E-state index contributed by atoms with van der Waals surface area (Å²) in [5.41, 5.74) is 1.52. The van der Waals surface area contributed by atoms with Crippen LogP contribution in [0.4, 0.5) is 0 Å². The lowest BCUT2D eigenvalue weighted by atomic mass is 10.1. The number of nitrogens with zero attached hydrogens (tertiary/aromatic N) is 1. The van der Waals surface area contributed by atoms with E-state index in [-0.39, 0.29) is 11.6 Å². The van der Waals surface area contributed by atoms with Crippen molar-refractivity contribution in [3.05, 3.63) is 53.3 Å². The van der Waals surface area contributed by atoms with Crippen molar-refractivity contribution in [2.24, 2.45) is 0 Å². The Hall–Kier alpha value is -2.63. The fourth-order valence-corrected chi connectivity index (χ4v) is 1.89. The third kappa shape index (κ3) is 3.47. The molecule has 1 atom stereocenters. The summed E-state index contributed by atoms with van der Waals surface area (Å²) in [6.07, 6.45) is 0. The molecule has 0 bridgehead atoms. The van der Waals surface area contributed by atoms with Crippen LogP contribution in [0, 0.1) is 0 Å². The van der Waals surface area contributed by atoms with E-state index in [1.54, 1.807) is 36.4 Å². The highest BCUT2D eigenvalue weighted by molar-refractivity contribution is 5.95. The summed E-state index contributed by atoms with van der Waals surface area (Å²) >= 11 is 0. The van der Waals surface area contributed by atoms with Crippen LogP contribution in [0.25, 0.3) is 0 Å². The zero-order chi connectivity index (χ0) is 15.4. The molecule has 21 heavy (non-hydrogen) atoms. The lowest BCUT2D eigenvalue weighted by Crippen LogP contribution is -2.33. The number of carboxylic acids is 1. The molecule has 1 amide bonds. The van der Waals surface area contributed by atoms with Crippen LogP contribution in [-0.4, -0.2) is 27.2 Å². The number of carbonyl (C=O) groups is 2. The van der Waals surface area contributed by atoms with Crippen LogP contribution in [0.3, 0.4) is 0 Å². The van der Waals surface area contributed by atoms with E-state index < -0.39 is 17.9 Å². The summed E-state index contributed by atoms with van der Waals surface area (Å²) in [6.45, 7) is 3.94. The van der Waals surface area contributed by atoms with Crippen molar-refractivity contribution in [1.82, 2.24) is 15.5 Å². The van der Waals surface area contributed by atoms with Crippen molar-refractivity contribution >= 4 is 11.9 Å². The normalized spacial score (nSPS) is 12.1. The van der Waals surface area contributed by atoms with Gasteiger partial charge in [0, 0.05) is 5.69 Å². The quantitative estimate of drug-likeness (QED) is 0.784. The van der Waals surface area contributed by atoms with E-state index >= 15 is 0 Å². The highest BCUT2D eigenvalue weighted by Gasteiger charge is 2.23. The smallest absolute Gasteiger partial charge is 0.330 e. The second-order valence-electron chi connectivity index (χ2n) is 5.02. The Morgan fingerprint density at radius 3 is 2.43 bits per heavy atom. The first-order valence-electron chi connectivity index (χ1n) is 6.63. The number of aromatic amines is 1. The third-order valence-electron chi connectivity index (χ3n) is 3.11. The molecule has 1 aromatic carbocycles. The molecule has 3 N–H and O–H groups in total. The molecule has 1 aromatic heterocycles. The van der Waals surface area contributed by atoms with Gasteiger partial charge in [0.05, 0.1) is 0 Å². The molecule has 1 heterocycles. The summed E-state index contributed by atoms with van der Waals surface area (Å²) in [6, 6.07) is 9.08. The van der Waals surface area contributed by atoms with Gasteiger partial charge in [-0.15, -0.1) is 0 Å². The molecule has 2 rings (SSSR count). The van der Waals surface area contributed by atoms with Gasteiger partial charge in [0.2, 0.25) is 0 Å². The number of carboxylic acid groups (broad SMARTS) is 1. The van der Waals surface area contributed by atoms with E-state index in [9.17, 15) is 14.7 Å². The number of amides is 1. The van der Waals surface area contributed by atoms with Gasteiger partial charge in [-0.05, 0) is 17.5 Å². The van der Waals surface area contributed by atoms with Crippen LogP contribution in [0.1, 0.15) is 47.6 Å². The van der Waals surface area contributed by atoms with Gasteiger partial charge in [-0.1, -0.05) is 44.2 Å². The van der Waals surface area contributed by atoms with Crippen LogP contribution in [-0.2, 0) is 4.79 Å². The van der Waals surface area contributed by atoms with Gasteiger partial charge < -0.3 is 10.4 Å². The van der Waals surface area contributed by atoms with Crippen molar-refractivity contribution in [3.8, 4) is 0 Å². The van der Waals surface area contributed by atoms with Gasteiger partial charge in [-0.3, -0.25) is 9.89 Å². The van der Waals surface area contributed by atoms with E-state index in [0.717, 1.165) is 5.69 Å². The average molecular weight is 287 g/mol. The van der Waals surface area contributed by atoms with Gasteiger partial charge in [-0.2, -0.15) is 5.10 Å². The largest absolute Gasteiger partial charge is 0.479 e. The molecule has 6 heteroatoms. The fourth-order valence-electron chi connectivity index (χ4n) is 1.89. The first kappa shape index (κ1) is 14.8. The molecule has 0 spiro atoms. The summed E-state index contributed by atoms with van der Waals surface area (Å²) in [5.74, 6) is -1.42. The lowest BCUT2D eigenvalue weighted by molar-refractivity contribution is -0.139. The number of rotatable bonds is 5. The van der Waals surface area contributed by atoms with E-state index in [2.05, 4.69) is 15.5 Å². The van der Waals surface area contributed by atoms with E-state index in [0.29, 0.717) is 5.56 Å². The minimum absolute atomic E-state index is 0.181. The van der Waals surface area contributed by atoms with E-state index in [4.69, 9.17) is 0 Å². The minimum Gasteiger partial charge on any atom is -0.479 e. The number of carbonyl (C=O) groups excluding carboxylic acids is 1. The number of aliphatic carboxylic acids is 1. The maximum absolute atomic E-state index is 12.1. The minimum atomic E-state index is -1.12. The highest BCUT2D eigenvalue weighted by Crippen LogP contribution is 2.15. The summed E-state index contributed by atoms with van der Waals surface area (Å²) < 4.78 is 0. The Morgan fingerprint density at radius 2 is 1.90 bits per heavy atom. The predicted octanol–water partition coefficient (Wildman–Crippen LogP) is 2.09. The Morgan fingerprint density at radius 1 is 1.24 bits per heavy atom. The van der Waals surface area contributed by atoms with Crippen LogP contribution >= 0.6 is 0 Å². The van der Waals surface area contributed by atoms with Crippen molar-refractivity contribution in [2.45, 2.75) is 25.8 Å². The molecule has 0 unspecified atom stereocenters. The number of benzene rings is 1. The standard InChI is InChI=1S/C15H17N3O3/c1-9(2)11-8-12(18-17-11)14(19)16-13(15(20)21)10-6-4-3-5-7-10/h3-9,13H,1-2H3,(H,16,19)(H,17,18)(H,20,21)/t13-/m0/s1. The molecule has 0 fully saturated rings. The Balaban J connectivity index is 2.17. The first-order chi connectivity index (χ1) is 9.99. The summed E-state index contributed by atoms with van der Waals surface area (Å²) in [4.78, 5) is 23.4. The van der Waals surface area contributed by atoms with Gasteiger partial charge in [0.25, 0.3) is 5.91 Å². The molecule has 2 aromatic rings. The van der Waals surface area contributed by atoms with Gasteiger partial charge in [0.1, 0.15) is 5.69 Å². The second-order valence-corrected chi connectivity index (χ2v) is 5.02. The lowest BCUT2D eigenvalue weighted by Gasteiger charge is -2.13. The molecule has 0 saturated heterocycles. The zero-order valence-electron chi connectivity index (χ0n) is 11.8. The molecular weight excluding hydrogens is 270 g/mol. The third-order valence-corrected chi connectivity index (χ3v) is 3.11. The Labute approximate surface area is 122 Å². The van der Waals surface area contributed by atoms with E-state index in [1.807, 2.05) is 13.8 Å². The van der Waals surface area contributed by atoms with E-state index in [1.165, 1.54) is 0 Å². The maximum Gasteiger partial charge on any atom is 0.330 e. The number of H-pyrrole nitrogens is 1. The Bertz CT molecular complexity index is 635. The second kappa shape index (κ2) is 6.21. The molecular formula is C15H17N3O3. The van der Waals surface area contributed by atoms with Crippen LogP contribution in [0.2, 0.25) is 0 Å². The Kier molecular flexibility index (Phi) is 4.37. The molecule has 0 aliphatic rings. The highest BCUT2D eigenvalue weighted by atomic mass is 16.4. The first-order valence-corrected chi connectivity index (χ1v) is 6.63. The fraction of sp³-hybridized carbons (Fsp3) is 0.267. The van der Waals surface area contributed by atoms with Crippen LogP contribution in [0.15, 0.2) is 36.4 Å². The molecule has 0 radical (unpaired) electrons. The van der Waals surface area contributed by atoms with Gasteiger partial charge in [0.15, 0.2) is 6.04 Å². The number of hydrogen-bond acceptors (Lipinski definition) is 3. The van der Waals surface area contributed by atoms with Crippen molar-refractivity contribution in [3.63, 3.8) is 0 Å². The molecule has 0 aliphatic heterocycles. The van der Waals surface area contributed by atoms with Gasteiger partial charge in [-0.25, -0.2) is 4.79 Å². The summed E-state index contributed by atoms with van der Waals surface area (Å²) in [7, 11) is 0. The van der Waals surface area contributed by atoms with Crippen molar-refractivity contribution < 1.29 is 14.7 Å². The van der Waals surface area contributed by atoms with Crippen LogP contribution < -0.4 is 5.32 Å². The molecule has 6 nitrogen and oxygen atoms in total. The molecule has 110 valence electrons. The molecule has 0 saturated carbocycles. The zero-order valence-corrected chi connectivity index (χ0v) is 11.8. The monoisotopic (exact) mass is 287 g/mol. The SMILES string of the molecule is CC(C)c1cc(C(=O)N[C@H](C(=O)O)c2ccccc2)n[nH]1. The average Bonchev–Trinajstić information content (AvgIpc) is 2.95. The summed E-state index contributed by atoms with van der Waals surface area (Å²) in [5, 5.41) is 18.4. The van der Waals surface area contributed by atoms with Crippen LogP contribution in [0.5, 0.6) is 0 Å². The number of nitrogens with one attached hydrogen (secondary N) is 2. The maximum atomic E-state index is 12.1. The predicted molar refractivity (Wildman–Crippen MR) is 77.0 cm³/mol. The molecule has 0 aliphatic carbocycles. The topological polar surface area (TPSA) is 95.1 Å². The number of aromatic nitrogens is 2. The van der Waals surface area contributed by atoms with Crippen molar-refractivity contribution in [2.75, 3.05) is 0 Å². The number of hydrogen-bond donors (Lipinski definition) is 3.